The SMILES string of the molecule is BrCC(COc1ccc(Br)cc1Br)c1ccccc1. The Morgan fingerprint density at radius 1 is 1.00 bits per heavy atom. The van der Waals surface area contributed by atoms with Crippen molar-refractivity contribution in [3.63, 3.8) is 0 Å². The highest BCUT2D eigenvalue weighted by atomic mass is 79.9. The van der Waals surface area contributed by atoms with E-state index in [1.165, 1.54) is 5.56 Å². The second-order valence-electron chi connectivity index (χ2n) is 4.15. The Kier molecular flexibility index (Phi) is 5.92. The molecule has 4 heteroatoms. The Morgan fingerprint density at radius 3 is 2.37 bits per heavy atom. The third kappa shape index (κ3) is 4.33. The number of hydrogen-bond acceptors (Lipinski definition) is 1. The average molecular weight is 449 g/mol. The van der Waals surface area contributed by atoms with Gasteiger partial charge in [-0.05, 0) is 39.7 Å². The summed E-state index contributed by atoms with van der Waals surface area (Å²) in [5, 5.41) is 0.880. The summed E-state index contributed by atoms with van der Waals surface area (Å²) in [5.74, 6) is 1.21. The summed E-state index contributed by atoms with van der Waals surface area (Å²) in [7, 11) is 0. The molecule has 0 saturated heterocycles. The molecule has 2 aromatic rings. The first-order valence-electron chi connectivity index (χ1n) is 5.89. The summed E-state index contributed by atoms with van der Waals surface area (Å²) in [5.41, 5.74) is 1.28. The molecule has 0 saturated carbocycles. The van der Waals surface area contributed by atoms with Crippen molar-refractivity contribution in [3.05, 3.63) is 63.0 Å². The lowest BCUT2D eigenvalue weighted by Crippen LogP contribution is -2.11. The molecule has 0 aromatic heterocycles. The minimum absolute atomic E-state index is 0.344. The van der Waals surface area contributed by atoms with E-state index in [4.69, 9.17) is 4.74 Å². The van der Waals surface area contributed by atoms with Crippen LogP contribution in [0.15, 0.2) is 57.5 Å². The van der Waals surface area contributed by atoms with Crippen LogP contribution in [0.3, 0.4) is 0 Å². The standard InChI is InChI=1S/C15H13Br3O/c16-9-12(11-4-2-1-3-5-11)10-19-15-7-6-13(17)8-14(15)18/h1-8,12H,9-10H2. The molecule has 0 spiro atoms. The first-order valence-corrected chi connectivity index (χ1v) is 8.60. The topological polar surface area (TPSA) is 9.23 Å². The molecule has 0 heterocycles. The normalized spacial score (nSPS) is 12.2. The van der Waals surface area contributed by atoms with Gasteiger partial charge < -0.3 is 4.74 Å². The Bertz CT molecular complexity index is 528. The summed E-state index contributed by atoms with van der Waals surface area (Å²) < 4.78 is 7.90. The molecule has 1 unspecified atom stereocenters. The molecule has 2 rings (SSSR count). The van der Waals surface area contributed by atoms with Gasteiger partial charge in [0.05, 0.1) is 11.1 Å². The summed E-state index contributed by atoms with van der Waals surface area (Å²) in [6, 6.07) is 16.3. The van der Waals surface area contributed by atoms with Gasteiger partial charge in [0.15, 0.2) is 0 Å². The van der Waals surface area contributed by atoms with Crippen LogP contribution in [0.2, 0.25) is 0 Å². The molecule has 0 bridgehead atoms. The van der Waals surface area contributed by atoms with Gasteiger partial charge in [-0.3, -0.25) is 0 Å². The fourth-order valence-corrected chi connectivity index (χ4v) is 3.46. The number of hydrogen-bond donors (Lipinski definition) is 0. The lowest BCUT2D eigenvalue weighted by molar-refractivity contribution is 0.296. The molecular weight excluding hydrogens is 436 g/mol. The van der Waals surface area contributed by atoms with Gasteiger partial charge in [-0.2, -0.15) is 0 Å². The van der Waals surface area contributed by atoms with Gasteiger partial charge in [-0.25, -0.2) is 0 Å². The van der Waals surface area contributed by atoms with Crippen molar-refractivity contribution in [3.8, 4) is 5.75 Å². The number of benzene rings is 2. The maximum absolute atomic E-state index is 5.90. The molecule has 0 aliphatic heterocycles. The molecular formula is C15H13Br3O. The fourth-order valence-electron chi connectivity index (χ4n) is 1.74. The Hall–Kier alpha value is -0.320. The maximum Gasteiger partial charge on any atom is 0.133 e. The molecule has 0 aliphatic rings. The van der Waals surface area contributed by atoms with Crippen LogP contribution >= 0.6 is 47.8 Å². The van der Waals surface area contributed by atoms with E-state index in [2.05, 4.69) is 72.1 Å². The van der Waals surface area contributed by atoms with Gasteiger partial charge in [0.2, 0.25) is 0 Å². The van der Waals surface area contributed by atoms with E-state index in [1.54, 1.807) is 0 Å². The molecule has 2 aromatic carbocycles. The van der Waals surface area contributed by atoms with Crippen molar-refractivity contribution in [2.45, 2.75) is 5.92 Å². The van der Waals surface area contributed by atoms with Crippen LogP contribution in [0.5, 0.6) is 5.75 Å². The first-order chi connectivity index (χ1) is 9.20. The minimum atomic E-state index is 0.344. The maximum atomic E-state index is 5.90. The van der Waals surface area contributed by atoms with Gasteiger partial charge in [-0.1, -0.05) is 62.2 Å². The van der Waals surface area contributed by atoms with Crippen molar-refractivity contribution in [2.75, 3.05) is 11.9 Å². The van der Waals surface area contributed by atoms with E-state index in [1.807, 2.05) is 24.3 Å². The number of rotatable bonds is 5. The predicted molar refractivity (Wildman–Crippen MR) is 90.3 cm³/mol. The average Bonchev–Trinajstić information content (AvgIpc) is 2.43. The third-order valence-corrected chi connectivity index (χ3v) is 4.69. The number of ether oxygens (including phenoxy) is 1. The molecule has 100 valence electrons. The van der Waals surface area contributed by atoms with E-state index in [9.17, 15) is 0 Å². The quantitative estimate of drug-likeness (QED) is 0.528. The third-order valence-electron chi connectivity index (χ3n) is 2.79. The van der Waals surface area contributed by atoms with Crippen molar-refractivity contribution in [1.82, 2.24) is 0 Å². The van der Waals surface area contributed by atoms with E-state index in [0.29, 0.717) is 12.5 Å². The fraction of sp³-hybridized carbons (Fsp3) is 0.200. The lowest BCUT2D eigenvalue weighted by Gasteiger charge is -2.16. The zero-order valence-corrected chi connectivity index (χ0v) is 14.9. The van der Waals surface area contributed by atoms with E-state index in [0.717, 1.165) is 20.0 Å². The van der Waals surface area contributed by atoms with Crippen LogP contribution in [-0.2, 0) is 0 Å². The largest absolute Gasteiger partial charge is 0.492 e. The van der Waals surface area contributed by atoms with Crippen molar-refractivity contribution in [2.24, 2.45) is 0 Å². The van der Waals surface area contributed by atoms with Gasteiger partial charge in [0, 0.05) is 15.7 Å². The zero-order chi connectivity index (χ0) is 13.7. The number of halogens is 3. The molecule has 1 atom stereocenters. The summed E-state index contributed by atoms with van der Waals surface area (Å²) >= 11 is 10.5. The molecule has 0 radical (unpaired) electrons. The highest BCUT2D eigenvalue weighted by molar-refractivity contribution is 9.11. The number of alkyl halides is 1. The van der Waals surface area contributed by atoms with Crippen LogP contribution in [0.4, 0.5) is 0 Å². The smallest absolute Gasteiger partial charge is 0.133 e. The minimum Gasteiger partial charge on any atom is -0.492 e. The van der Waals surface area contributed by atoms with Gasteiger partial charge in [0.25, 0.3) is 0 Å². The van der Waals surface area contributed by atoms with Crippen LogP contribution in [0, 0.1) is 0 Å². The monoisotopic (exact) mass is 446 g/mol. The van der Waals surface area contributed by atoms with Gasteiger partial charge in [0.1, 0.15) is 5.75 Å². The predicted octanol–water partition coefficient (Wildman–Crippen LogP) is 5.77. The van der Waals surface area contributed by atoms with E-state index >= 15 is 0 Å². The molecule has 0 amide bonds. The van der Waals surface area contributed by atoms with Crippen molar-refractivity contribution >= 4 is 47.8 Å². The van der Waals surface area contributed by atoms with E-state index in [-0.39, 0.29) is 0 Å². The van der Waals surface area contributed by atoms with E-state index < -0.39 is 0 Å². The van der Waals surface area contributed by atoms with Crippen LogP contribution in [0.1, 0.15) is 11.5 Å². The Morgan fingerprint density at radius 2 is 1.74 bits per heavy atom. The Labute approximate surface area is 138 Å². The Balaban J connectivity index is 2.04. The van der Waals surface area contributed by atoms with Crippen molar-refractivity contribution in [1.29, 1.82) is 0 Å². The first kappa shape index (κ1) is 15.1. The molecule has 19 heavy (non-hydrogen) atoms. The highest BCUT2D eigenvalue weighted by Gasteiger charge is 2.11. The second kappa shape index (κ2) is 7.46. The van der Waals surface area contributed by atoms with Crippen LogP contribution < -0.4 is 4.74 Å². The molecule has 0 fully saturated rings. The molecule has 1 nitrogen and oxygen atoms in total. The van der Waals surface area contributed by atoms with Crippen LogP contribution in [-0.4, -0.2) is 11.9 Å². The molecule has 0 N–H and O–H groups in total. The molecule has 0 aliphatic carbocycles. The van der Waals surface area contributed by atoms with Crippen molar-refractivity contribution < 1.29 is 4.74 Å². The lowest BCUT2D eigenvalue weighted by atomic mass is 10.0. The zero-order valence-electron chi connectivity index (χ0n) is 10.2. The summed E-state index contributed by atoms with van der Waals surface area (Å²) in [6.07, 6.45) is 0. The highest BCUT2D eigenvalue weighted by Crippen LogP contribution is 2.29. The van der Waals surface area contributed by atoms with Gasteiger partial charge >= 0.3 is 0 Å². The van der Waals surface area contributed by atoms with Crippen LogP contribution in [0.25, 0.3) is 0 Å². The summed E-state index contributed by atoms with van der Waals surface area (Å²) in [6.45, 7) is 0.648. The van der Waals surface area contributed by atoms with Gasteiger partial charge in [-0.15, -0.1) is 0 Å². The second-order valence-corrected chi connectivity index (χ2v) is 6.57. The summed E-state index contributed by atoms with van der Waals surface area (Å²) in [4.78, 5) is 0.